The molecule has 0 saturated carbocycles. The summed E-state index contributed by atoms with van der Waals surface area (Å²) in [5.74, 6) is 1.14. The molecule has 0 spiro atoms. The van der Waals surface area contributed by atoms with Crippen molar-refractivity contribution in [3.8, 4) is 0 Å². The van der Waals surface area contributed by atoms with Gasteiger partial charge in [-0.2, -0.15) is 5.10 Å². The molecule has 90 valence electrons. The first-order valence-corrected chi connectivity index (χ1v) is 5.70. The normalized spacial score (nSPS) is 10.5. The molecule has 0 fully saturated rings. The highest BCUT2D eigenvalue weighted by Crippen LogP contribution is 2.08. The third-order valence-corrected chi connectivity index (χ3v) is 2.45. The van der Waals surface area contributed by atoms with E-state index >= 15 is 0 Å². The average Bonchev–Trinajstić information content (AvgIpc) is 2.28. The van der Waals surface area contributed by atoms with E-state index in [4.69, 9.17) is 16.3 Å². The smallest absolute Gasteiger partial charge is 0.245 e. The molecular formula is C10H17ClN4O. The van der Waals surface area contributed by atoms with Crippen molar-refractivity contribution in [1.82, 2.24) is 15.2 Å². The Morgan fingerprint density at radius 3 is 2.50 bits per heavy atom. The van der Waals surface area contributed by atoms with E-state index in [1.807, 2.05) is 18.7 Å². The summed E-state index contributed by atoms with van der Waals surface area (Å²) < 4.78 is 5.03. The van der Waals surface area contributed by atoms with Crippen LogP contribution in [0.15, 0.2) is 0 Å². The van der Waals surface area contributed by atoms with E-state index < -0.39 is 0 Å². The monoisotopic (exact) mass is 244 g/mol. The van der Waals surface area contributed by atoms with Crippen LogP contribution < -0.4 is 4.90 Å². The molecule has 1 aromatic heterocycles. The zero-order valence-electron chi connectivity index (χ0n) is 9.90. The Morgan fingerprint density at radius 2 is 1.94 bits per heavy atom. The molecule has 0 amide bonds. The van der Waals surface area contributed by atoms with Crippen LogP contribution in [0, 0.1) is 13.8 Å². The quantitative estimate of drug-likeness (QED) is 0.704. The standard InChI is InChI=1S/C10H17ClN4O/c1-8-9(2)13-14-10(12-8)15(5-4-11)6-7-16-3/h4-7H2,1-3H3. The molecule has 0 atom stereocenters. The number of hydrogen-bond acceptors (Lipinski definition) is 5. The minimum absolute atomic E-state index is 0.528. The van der Waals surface area contributed by atoms with E-state index in [1.165, 1.54) is 0 Å². The summed E-state index contributed by atoms with van der Waals surface area (Å²) in [5, 5.41) is 8.11. The van der Waals surface area contributed by atoms with Gasteiger partial charge in [-0.15, -0.1) is 16.7 Å². The number of rotatable bonds is 6. The van der Waals surface area contributed by atoms with Gasteiger partial charge in [-0.3, -0.25) is 0 Å². The summed E-state index contributed by atoms with van der Waals surface area (Å²) in [6.07, 6.45) is 0. The number of nitrogens with zero attached hydrogens (tertiary/aromatic N) is 4. The van der Waals surface area contributed by atoms with Crippen molar-refractivity contribution in [2.75, 3.05) is 37.6 Å². The number of aromatic nitrogens is 3. The Bertz CT molecular complexity index is 335. The molecule has 0 radical (unpaired) electrons. The lowest BCUT2D eigenvalue weighted by Crippen LogP contribution is -2.31. The van der Waals surface area contributed by atoms with Gasteiger partial charge < -0.3 is 9.64 Å². The van der Waals surface area contributed by atoms with Crippen LogP contribution in [0.4, 0.5) is 5.95 Å². The van der Waals surface area contributed by atoms with Crippen LogP contribution in [0.2, 0.25) is 0 Å². The largest absolute Gasteiger partial charge is 0.383 e. The molecule has 0 aliphatic rings. The second-order valence-corrected chi connectivity index (χ2v) is 3.83. The van der Waals surface area contributed by atoms with Gasteiger partial charge in [0.15, 0.2) is 0 Å². The van der Waals surface area contributed by atoms with Crippen molar-refractivity contribution < 1.29 is 4.74 Å². The summed E-state index contributed by atoms with van der Waals surface area (Å²) in [6.45, 7) is 5.83. The first-order chi connectivity index (χ1) is 7.69. The number of methoxy groups -OCH3 is 1. The second-order valence-electron chi connectivity index (χ2n) is 3.45. The van der Waals surface area contributed by atoms with Crippen LogP contribution in [0.25, 0.3) is 0 Å². The third-order valence-electron chi connectivity index (χ3n) is 2.28. The maximum Gasteiger partial charge on any atom is 0.245 e. The van der Waals surface area contributed by atoms with E-state index in [-0.39, 0.29) is 0 Å². The van der Waals surface area contributed by atoms with Crippen LogP contribution >= 0.6 is 11.6 Å². The maximum atomic E-state index is 5.74. The molecular weight excluding hydrogens is 228 g/mol. The second kappa shape index (κ2) is 6.60. The molecule has 0 aliphatic heterocycles. The van der Waals surface area contributed by atoms with Crippen molar-refractivity contribution in [3.05, 3.63) is 11.4 Å². The molecule has 16 heavy (non-hydrogen) atoms. The van der Waals surface area contributed by atoms with Crippen molar-refractivity contribution >= 4 is 17.5 Å². The van der Waals surface area contributed by atoms with E-state index in [0.717, 1.165) is 11.4 Å². The molecule has 0 bridgehead atoms. The summed E-state index contributed by atoms with van der Waals surface area (Å²) in [4.78, 5) is 6.35. The Balaban J connectivity index is 2.78. The highest BCUT2D eigenvalue weighted by atomic mass is 35.5. The van der Waals surface area contributed by atoms with Crippen LogP contribution in [0.5, 0.6) is 0 Å². The Hall–Kier alpha value is -0.940. The summed E-state index contributed by atoms with van der Waals surface area (Å²) >= 11 is 5.74. The fourth-order valence-electron chi connectivity index (χ4n) is 1.19. The lowest BCUT2D eigenvalue weighted by Gasteiger charge is -2.20. The van der Waals surface area contributed by atoms with Crippen molar-refractivity contribution in [2.45, 2.75) is 13.8 Å². The zero-order valence-corrected chi connectivity index (χ0v) is 10.7. The SMILES string of the molecule is COCCN(CCCl)c1nnc(C)c(C)n1. The highest BCUT2D eigenvalue weighted by molar-refractivity contribution is 6.18. The number of anilines is 1. The molecule has 0 aliphatic carbocycles. The highest BCUT2D eigenvalue weighted by Gasteiger charge is 2.10. The summed E-state index contributed by atoms with van der Waals surface area (Å²) in [7, 11) is 1.67. The maximum absolute atomic E-state index is 5.74. The fraction of sp³-hybridized carbons (Fsp3) is 0.700. The minimum atomic E-state index is 0.528. The van der Waals surface area contributed by atoms with Gasteiger partial charge >= 0.3 is 0 Å². The van der Waals surface area contributed by atoms with Gasteiger partial charge in [-0.25, -0.2) is 4.98 Å². The van der Waals surface area contributed by atoms with Crippen molar-refractivity contribution in [1.29, 1.82) is 0 Å². The van der Waals surface area contributed by atoms with Gasteiger partial charge in [0.25, 0.3) is 0 Å². The molecule has 5 nitrogen and oxygen atoms in total. The van der Waals surface area contributed by atoms with Crippen molar-refractivity contribution in [3.63, 3.8) is 0 Å². The number of alkyl halides is 1. The van der Waals surface area contributed by atoms with Crippen LogP contribution in [0.3, 0.4) is 0 Å². The molecule has 0 N–H and O–H groups in total. The Kier molecular flexibility index (Phi) is 5.42. The van der Waals surface area contributed by atoms with E-state index in [0.29, 0.717) is 31.5 Å². The summed E-state index contributed by atoms with van der Waals surface area (Å²) in [6, 6.07) is 0. The van der Waals surface area contributed by atoms with Crippen LogP contribution in [-0.2, 0) is 4.74 Å². The summed E-state index contributed by atoms with van der Waals surface area (Å²) in [5.41, 5.74) is 1.74. The van der Waals surface area contributed by atoms with Gasteiger partial charge in [0.05, 0.1) is 18.0 Å². The first kappa shape index (κ1) is 13.1. The van der Waals surface area contributed by atoms with E-state index in [2.05, 4.69) is 15.2 Å². The number of hydrogen-bond donors (Lipinski definition) is 0. The predicted octanol–water partition coefficient (Wildman–Crippen LogP) is 1.18. The third kappa shape index (κ3) is 3.57. The molecule has 1 heterocycles. The minimum Gasteiger partial charge on any atom is -0.383 e. The van der Waals surface area contributed by atoms with Crippen LogP contribution in [-0.4, -0.2) is 47.9 Å². The lowest BCUT2D eigenvalue weighted by atomic mass is 10.4. The van der Waals surface area contributed by atoms with Gasteiger partial charge in [-0.1, -0.05) is 0 Å². The predicted molar refractivity (Wildman–Crippen MR) is 64.1 cm³/mol. The molecule has 0 saturated heterocycles. The van der Waals surface area contributed by atoms with E-state index in [9.17, 15) is 0 Å². The molecule has 1 aromatic rings. The Morgan fingerprint density at radius 1 is 1.19 bits per heavy atom. The number of halogens is 1. The van der Waals surface area contributed by atoms with Gasteiger partial charge in [0.1, 0.15) is 0 Å². The number of ether oxygens (including phenoxy) is 1. The van der Waals surface area contributed by atoms with Crippen molar-refractivity contribution in [2.24, 2.45) is 0 Å². The Labute approximate surface area is 101 Å². The first-order valence-electron chi connectivity index (χ1n) is 5.16. The lowest BCUT2D eigenvalue weighted by molar-refractivity contribution is 0.205. The zero-order chi connectivity index (χ0) is 12.0. The molecule has 1 rings (SSSR count). The number of aryl methyl sites for hydroxylation is 2. The van der Waals surface area contributed by atoms with Crippen LogP contribution in [0.1, 0.15) is 11.4 Å². The van der Waals surface area contributed by atoms with Gasteiger partial charge in [0.2, 0.25) is 5.95 Å². The van der Waals surface area contributed by atoms with Gasteiger partial charge in [-0.05, 0) is 13.8 Å². The fourth-order valence-corrected chi connectivity index (χ4v) is 1.40. The van der Waals surface area contributed by atoms with E-state index in [1.54, 1.807) is 7.11 Å². The molecule has 6 heteroatoms. The molecule has 0 unspecified atom stereocenters. The topological polar surface area (TPSA) is 51.1 Å². The molecule has 0 aromatic carbocycles. The average molecular weight is 245 g/mol. The van der Waals surface area contributed by atoms with Gasteiger partial charge in [0, 0.05) is 26.1 Å².